The lowest BCUT2D eigenvalue weighted by molar-refractivity contribution is -0.137. The predicted octanol–water partition coefficient (Wildman–Crippen LogP) is 3.51. The van der Waals surface area contributed by atoms with Crippen LogP contribution in [0.25, 0.3) is 0 Å². The molecule has 0 radical (unpaired) electrons. The summed E-state index contributed by atoms with van der Waals surface area (Å²) in [5, 5.41) is 3.20. The molecule has 4 nitrogen and oxygen atoms in total. The second-order valence-electron chi connectivity index (χ2n) is 6.70. The molecule has 1 saturated heterocycles. The Bertz CT molecular complexity index is 727. The number of halogens is 4. The maximum Gasteiger partial charge on any atom is 0.416 e. The first kappa shape index (κ1) is 18.9. The number of hydrogen-bond acceptors (Lipinski definition) is 3. The molecular formula is C16H20ClF3N2O2S. The summed E-state index contributed by atoms with van der Waals surface area (Å²) in [6, 6.07) is 2.72. The molecule has 1 aromatic carbocycles. The van der Waals surface area contributed by atoms with Gasteiger partial charge >= 0.3 is 6.18 Å². The fraction of sp³-hybridized carbons (Fsp3) is 0.625. The first-order valence-electron chi connectivity index (χ1n) is 8.27. The van der Waals surface area contributed by atoms with Gasteiger partial charge in [-0.1, -0.05) is 11.6 Å². The number of alkyl halides is 3. The van der Waals surface area contributed by atoms with E-state index in [1.165, 1.54) is 17.1 Å². The van der Waals surface area contributed by atoms with Crippen molar-refractivity contribution in [2.45, 2.75) is 42.8 Å². The maximum atomic E-state index is 12.9. The molecule has 0 aromatic heterocycles. The Balaban J connectivity index is 1.70. The van der Waals surface area contributed by atoms with Gasteiger partial charge in [0.15, 0.2) is 0 Å². The smallest absolute Gasteiger partial charge is 0.314 e. The van der Waals surface area contributed by atoms with Crippen LogP contribution in [0.5, 0.6) is 0 Å². The molecule has 1 heterocycles. The third-order valence-electron chi connectivity index (χ3n) is 4.68. The summed E-state index contributed by atoms with van der Waals surface area (Å²) in [5.41, 5.74) is -1.06. The fourth-order valence-corrected chi connectivity index (χ4v) is 4.82. The Labute approximate surface area is 150 Å². The molecule has 1 saturated carbocycles. The molecule has 3 rings (SSSR count). The van der Waals surface area contributed by atoms with Crippen LogP contribution in [0.2, 0.25) is 5.02 Å². The summed E-state index contributed by atoms with van der Waals surface area (Å²) in [6.07, 6.45) is -0.848. The quantitative estimate of drug-likeness (QED) is 0.828. The molecule has 140 valence electrons. The molecule has 1 aliphatic heterocycles. The monoisotopic (exact) mass is 396 g/mol. The average Bonchev–Trinajstić information content (AvgIpc) is 3.36. The number of piperidine rings is 1. The molecule has 2 fully saturated rings. The van der Waals surface area contributed by atoms with Gasteiger partial charge in [-0.15, -0.1) is 0 Å². The lowest BCUT2D eigenvalue weighted by Gasteiger charge is -2.32. The third kappa shape index (κ3) is 4.67. The standard InChI is InChI=1S/C16H20ClF3N2O2S/c17-13-7-12(16(18,19)20)8-15(9-13)25(23,24)22-5-3-14(4-6-22)21-10-11-1-2-11/h7-9,11,14,21H,1-6,10H2. The van der Waals surface area contributed by atoms with Crippen LogP contribution >= 0.6 is 11.6 Å². The van der Waals surface area contributed by atoms with E-state index in [4.69, 9.17) is 11.6 Å². The van der Waals surface area contributed by atoms with Crippen molar-refractivity contribution in [2.75, 3.05) is 19.6 Å². The minimum absolute atomic E-state index is 0.241. The first-order valence-corrected chi connectivity index (χ1v) is 10.1. The van der Waals surface area contributed by atoms with Gasteiger partial charge in [0.2, 0.25) is 10.0 Å². The highest BCUT2D eigenvalue weighted by molar-refractivity contribution is 7.89. The summed E-state index contributed by atoms with van der Waals surface area (Å²) in [6.45, 7) is 1.54. The van der Waals surface area contributed by atoms with Gasteiger partial charge in [0, 0.05) is 24.2 Å². The van der Waals surface area contributed by atoms with Crippen molar-refractivity contribution in [2.24, 2.45) is 5.92 Å². The van der Waals surface area contributed by atoms with E-state index in [-0.39, 0.29) is 11.1 Å². The van der Waals surface area contributed by atoms with Crippen LogP contribution in [0.15, 0.2) is 23.1 Å². The van der Waals surface area contributed by atoms with Gasteiger partial charge < -0.3 is 5.32 Å². The van der Waals surface area contributed by atoms with Gasteiger partial charge in [-0.3, -0.25) is 0 Å². The lowest BCUT2D eigenvalue weighted by Crippen LogP contribution is -2.45. The minimum Gasteiger partial charge on any atom is -0.314 e. The summed E-state index contributed by atoms with van der Waals surface area (Å²) >= 11 is 5.71. The van der Waals surface area contributed by atoms with Gasteiger partial charge in [0.05, 0.1) is 10.5 Å². The van der Waals surface area contributed by atoms with E-state index >= 15 is 0 Å². The zero-order valence-corrected chi connectivity index (χ0v) is 15.1. The lowest BCUT2D eigenvalue weighted by atomic mass is 10.1. The van der Waals surface area contributed by atoms with E-state index in [0.29, 0.717) is 32.0 Å². The molecule has 0 spiro atoms. The van der Waals surface area contributed by atoms with Crippen molar-refractivity contribution in [1.82, 2.24) is 9.62 Å². The van der Waals surface area contributed by atoms with Crippen LogP contribution in [0.3, 0.4) is 0 Å². The second-order valence-corrected chi connectivity index (χ2v) is 9.08. The van der Waals surface area contributed by atoms with Crippen molar-refractivity contribution >= 4 is 21.6 Å². The van der Waals surface area contributed by atoms with Crippen molar-refractivity contribution in [3.8, 4) is 0 Å². The molecule has 0 unspecified atom stereocenters. The normalized spacial score (nSPS) is 20.8. The third-order valence-corrected chi connectivity index (χ3v) is 6.78. The van der Waals surface area contributed by atoms with Crippen LogP contribution in [0.1, 0.15) is 31.2 Å². The predicted molar refractivity (Wildman–Crippen MR) is 89.0 cm³/mol. The second kappa shape index (κ2) is 7.06. The van der Waals surface area contributed by atoms with Gasteiger partial charge in [0.25, 0.3) is 0 Å². The number of nitrogens with one attached hydrogen (secondary N) is 1. The molecule has 0 amide bonds. The molecular weight excluding hydrogens is 377 g/mol. The summed E-state index contributed by atoms with van der Waals surface area (Å²) in [7, 11) is -3.99. The van der Waals surface area contributed by atoms with E-state index in [1.807, 2.05) is 0 Å². The maximum absolute atomic E-state index is 12.9. The van der Waals surface area contributed by atoms with E-state index in [9.17, 15) is 21.6 Å². The van der Waals surface area contributed by atoms with E-state index < -0.39 is 26.7 Å². The Hall–Kier alpha value is -0.830. The minimum atomic E-state index is -4.64. The average molecular weight is 397 g/mol. The number of rotatable bonds is 5. The Morgan fingerprint density at radius 3 is 2.32 bits per heavy atom. The Morgan fingerprint density at radius 2 is 1.76 bits per heavy atom. The molecule has 0 bridgehead atoms. The van der Waals surface area contributed by atoms with Crippen LogP contribution in [-0.2, 0) is 16.2 Å². The van der Waals surface area contributed by atoms with Gasteiger partial charge in [0.1, 0.15) is 0 Å². The van der Waals surface area contributed by atoms with Crippen LogP contribution < -0.4 is 5.32 Å². The molecule has 1 N–H and O–H groups in total. The zero-order valence-electron chi connectivity index (χ0n) is 13.5. The topological polar surface area (TPSA) is 49.4 Å². The van der Waals surface area contributed by atoms with Gasteiger partial charge in [-0.25, -0.2) is 8.42 Å². The Morgan fingerprint density at radius 1 is 1.12 bits per heavy atom. The summed E-state index contributed by atoms with van der Waals surface area (Å²) < 4.78 is 65.3. The number of sulfonamides is 1. The SMILES string of the molecule is O=S(=O)(c1cc(Cl)cc(C(F)(F)F)c1)N1CCC(NCC2CC2)CC1. The molecule has 0 atom stereocenters. The number of benzene rings is 1. The van der Waals surface area contributed by atoms with Crippen molar-refractivity contribution in [3.05, 3.63) is 28.8 Å². The fourth-order valence-electron chi connectivity index (χ4n) is 2.98. The number of nitrogens with zero attached hydrogens (tertiary/aromatic N) is 1. The molecule has 1 aromatic rings. The summed E-state index contributed by atoms with van der Waals surface area (Å²) in [5.74, 6) is 0.744. The van der Waals surface area contributed by atoms with E-state index in [2.05, 4.69) is 5.32 Å². The highest BCUT2D eigenvalue weighted by Gasteiger charge is 2.35. The molecule has 1 aliphatic carbocycles. The molecule has 25 heavy (non-hydrogen) atoms. The van der Waals surface area contributed by atoms with Crippen LogP contribution in [0, 0.1) is 5.92 Å². The van der Waals surface area contributed by atoms with Crippen LogP contribution in [0.4, 0.5) is 13.2 Å². The van der Waals surface area contributed by atoms with Crippen molar-refractivity contribution in [3.63, 3.8) is 0 Å². The van der Waals surface area contributed by atoms with E-state index in [1.54, 1.807) is 0 Å². The van der Waals surface area contributed by atoms with Gasteiger partial charge in [-0.05, 0) is 56.3 Å². The zero-order chi connectivity index (χ0) is 18.2. The molecule has 2 aliphatic rings. The summed E-state index contributed by atoms with van der Waals surface area (Å²) in [4.78, 5) is -0.406. The number of hydrogen-bond donors (Lipinski definition) is 1. The Kier molecular flexibility index (Phi) is 5.35. The highest BCUT2D eigenvalue weighted by atomic mass is 35.5. The van der Waals surface area contributed by atoms with Crippen LogP contribution in [-0.4, -0.2) is 38.4 Å². The van der Waals surface area contributed by atoms with E-state index in [0.717, 1.165) is 24.6 Å². The van der Waals surface area contributed by atoms with Gasteiger partial charge in [-0.2, -0.15) is 17.5 Å². The van der Waals surface area contributed by atoms with Crippen molar-refractivity contribution in [1.29, 1.82) is 0 Å². The largest absolute Gasteiger partial charge is 0.416 e. The van der Waals surface area contributed by atoms with Crippen molar-refractivity contribution < 1.29 is 21.6 Å². The molecule has 9 heteroatoms. The first-order chi connectivity index (χ1) is 11.7. The highest BCUT2D eigenvalue weighted by Crippen LogP contribution is 2.34.